The second kappa shape index (κ2) is 6.85. The van der Waals surface area contributed by atoms with E-state index in [1.165, 1.54) is 16.2 Å². The maximum absolute atomic E-state index is 12.5. The van der Waals surface area contributed by atoms with Gasteiger partial charge in [-0.3, -0.25) is 4.79 Å². The van der Waals surface area contributed by atoms with Crippen molar-refractivity contribution in [1.29, 1.82) is 0 Å². The number of benzene rings is 1. The number of likely N-dealkylation sites (N-methyl/N-ethyl adjacent to an activating group) is 1. The first kappa shape index (κ1) is 17.2. The van der Waals surface area contributed by atoms with E-state index in [2.05, 4.69) is 5.43 Å². The van der Waals surface area contributed by atoms with E-state index >= 15 is 0 Å². The van der Waals surface area contributed by atoms with E-state index in [0.29, 0.717) is 0 Å². The average molecular weight is 371 g/mol. The van der Waals surface area contributed by atoms with Gasteiger partial charge in [0, 0.05) is 17.6 Å². The Bertz CT molecular complexity index is 796. The number of fused-ring (bicyclic) bond motifs is 1. The highest BCUT2D eigenvalue weighted by atomic mass is 32.1. The lowest BCUT2D eigenvalue weighted by atomic mass is 9.92. The molecule has 5 unspecified atom stereocenters. The van der Waals surface area contributed by atoms with Crippen LogP contribution < -0.4 is 5.43 Å². The summed E-state index contributed by atoms with van der Waals surface area (Å²) in [5, 5.41) is 25.3. The summed E-state index contributed by atoms with van der Waals surface area (Å²) >= 11 is 1.48. The van der Waals surface area contributed by atoms with Crippen LogP contribution in [0.4, 0.5) is 5.69 Å². The van der Waals surface area contributed by atoms with Crippen LogP contribution >= 0.6 is 11.3 Å². The summed E-state index contributed by atoms with van der Waals surface area (Å²) in [6.45, 7) is 0. The lowest BCUT2D eigenvalue weighted by Gasteiger charge is -2.42. The van der Waals surface area contributed by atoms with Crippen molar-refractivity contribution in [3.63, 3.8) is 0 Å². The van der Waals surface area contributed by atoms with Gasteiger partial charge in [0.25, 0.3) is 0 Å². The van der Waals surface area contributed by atoms with Crippen LogP contribution in [-0.4, -0.2) is 51.4 Å². The molecule has 26 heavy (non-hydrogen) atoms. The molecule has 1 aromatic heterocycles. The van der Waals surface area contributed by atoms with E-state index in [1.807, 2.05) is 65.0 Å². The highest BCUT2D eigenvalue weighted by molar-refractivity contribution is 7.10. The highest BCUT2D eigenvalue weighted by Crippen LogP contribution is 2.37. The molecule has 2 aliphatic rings. The number of hydrazine groups is 1. The summed E-state index contributed by atoms with van der Waals surface area (Å²) in [6, 6.07) is 12.4. The van der Waals surface area contributed by atoms with Gasteiger partial charge in [0.2, 0.25) is 5.91 Å². The first-order valence-electron chi connectivity index (χ1n) is 8.52. The summed E-state index contributed by atoms with van der Waals surface area (Å²) in [7, 11) is 1.60. The van der Waals surface area contributed by atoms with Crippen LogP contribution in [0.5, 0.6) is 0 Å². The zero-order chi connectivity index (χ0) is 18.3. The van der Waals surface area contributed by atoms with Crippen LogP contribution in [0, 0.1) is 5.92 Å². The molecule has 2 aromatic rings. The van der Waals surface area contributed by atoms with Crippen molar-refractivity contribution < 1.29 is 15.0 Å². The van der Waals surface area contributed by atoms with Gasteiger partial charge in [-0.15, -0.1) is 11.3 Å². The lowest BCUT2D eigenvalue weighted by Crippen LogP contribution is -2.56. The topological polar surface area (TPSA) is 76.0 Å². The van der Waals surface area contributed by atoms with E-state index in [1.54, 1.807) is 7.05 Å². The van der Waals surface area contributed by atoms with Gasteiger partial charge in [-0.2, -0.15) is 0 Å². The molecule has 1 amide bonds. The fraction of sp³-hybridized carbons (Fsp3) is 0.316. The van der Waals surface area contributed by atoms with Crippen molar-refractivity contribution in [1.82, 2.24) is 9.91 Å². The van der Waals surface area contributed by atoms with Crippen LogP contribution in [0.15, 0.2) is 60.0 Å². The highest BCUT2D eigenvalue weighted by Gasteiger charge is 2.52. The van der Waals surface area contributed by atoms with Crippen molar-refractivity contribution in [2.24, 2.45) is 5.92 Å². The van der Waals surface area contributed by atoms with E-state index in [-0.39, 0.29) is 5.91 Å². The zero-order valence-electron chi connectivity index (χ0n) is 14.3. The minimum atomic E-state index is -0.952. The average Bonchev–Trinajstić information content (AvgIpc) is 3.27. The van der Waals surface area contributed by atoms with Gasteiger partial charge < -0.3 is 20.5 Å². The Kier molecular flexibility index (Phi) is 4.54. The number of carbonyl (C=O) groups excluding carboxylic acids is 1. The summed E-state index contributed by atoms with van der Waals surface area (Å²) < 4.78 is 0. The third-order valence-corrected chi connectivity index (χ3v) is 5.99. The SMILES string of the molecule is CN1C(=O)C2C=CC(C(O)c3cccs3)N(Nc3ccccc3)C2C1O. The number of aliphatic hydroxyl groups is 2. The smallest absolute Gasteiger partial charge is 0.233 e. The number of rotatable bonds is 4. The number of likely N-dealkylation sites (tertiary alicyclic amines) is 1. The van der Waals surface area contributed by atoms with Crippen LogP contribution in [0.25, 0.3) is 0 Å². The fourth-order valence-electron chi connectivity index (χ4n) is 3.66. The van der Waals surface area contributed by atoms with Crippen molar-refractivity contribution >= 4 is 22.9 Å². The molecule has 5 atom stereocenters. The number of aliphatic hydroxyl groups excluding tert-OH is 2. The summed E-state index contributed by atoms with van der Waals surface area (Å²) in [4.78, 5) is 14.7. The molecule has 0 bridgehead atoms. The monoisotopic (exact) mass is 371 g/mol. The summed E-state index contributed by atoms with van der Waals surface area (Å²) in [6.07, 6.45) is 1.94. The number of hydrogen-bond donors (Lipinski definition) is 3. The maximum Gasteiger partial charge on any atom is 0.233 e. The molecule has 2 aliphatic heterocycles. The van der Waals surface area contributed by atoms with Gasteiger partial charge in [0.1, 0.15) is 12.3 Å². The van der Waals surface area contributed by atoms with Gasteiger partial charge in [0.05, 0.1) is 18.0 Å². The summed E-state index contributed by atoms with van der Waals surface area (Å²) in [5.41, 5.74) is 4.14. The van der Waals surface area contributed by atoms with E-state index in [0.717, 1.165) is 10.6 Å². The zero-order valence-corrected chi connectivity index (χ0v) is 15.1. The largest absolute Gasteiger partial charge is 0.386 e. The van der Waals surface area contributed by atoms with E-state index in [9.17, 15) is 15.0 Å². The minimum absolute atomic E-state index is 0.123. The lowest BCUT2D eigenvalue weighted by molar-refractivity contribution is -0.132. The van der Waals surface area contributed by atoms with Crippen LogP contribution in [0.3, 0.4) is 0 Å². The number of amides is 1. The summed E-state index contributed by atoms with van der Waals surface area (Å²) in [5.74, 6) is -0.569. The van der Waals surface area contributed by atoms with Gasteiger partial charge in [-0.1, -0.05) is 36.4 Å². The second-order valence-electron chi connectivity index (χ2n) is 6.60. The van der Waals surface area contributed by atoms with Gasteiger partial charge >= 0.3 is 0 Å². The maximum atomic E-state index is 12.5. The Morgan fingerprint density at radius 3 is 2.62 bits per heavy atom. The van der Waals surface area contributed by atoms with E-state index in [4.69, 9.17) is 0 Å². The van der Waals surface area contributed by atoms with Crippen LogP contribution in [-0.2, 0) is 4.79 Å². The number of anilines is 1. The molecule has 4 rings (SSSR count). The molecular formula is C19H21N3O3S. The molecular weight excluding hydrogens is 350 g/mol. The Labute approximate surface area is 156 Å². The van der Waals surface area contributed by atoms with Crippen molar-refractivity contribution in [2.75, 3.05) is 12.5 Å². The third-order valence-electron chi connectivity index (χ3n) is 5.05. The number of nitrogens with zero attached hydrogens (tertiary/aromatic N) is 2. The molecule has 0 radical (unpaired) electrons. The van der Waals surface area contributed by atoms with E-state index < -0.39 is 30.3 Å². The second-order valence-corrected chi connectivity index (χ2v) is 7.58. The minimum Gasteiger partial charge on any atom is -0.386 e. The molecule has 1 saturated heterocycles. The molecule has 0 spiro atoms. The number of nitrogens with one attached hydrogen (secondary N) is 1. The Balaban J connectivity index is 1.71. The molecule has 6 nitrogen and oxygen atoms in total. The molecule has 7 heteroatoms. The molecule has 3 N–H and O–H groups in total. The Morgan fingerprint density at radius 1 is 1.15 bits per heavy atom. The number of para-hydroxylation sites is 1. The molecule has 3 heterocycles. The molecule has 1 fully saturated rings. The van der Waals surface area contributed by atoms with Gasteiger partial charge in [-0.25, -0.2) is 5.01 Å². The number of hydrogen-bond acceptors (Lipinski definition) is 6. The number of carbonyl (C=O) groups is 1. The molecule has 0 aliphatic carbocycles. The Morgan fingerprint density at radius 2 is 1.92 bits per heavy atom. The van der Waals surface area contributed by atoms with Crippen molar-refractivity contribution in [3.05, 3.63) is 64.9 Å². The van der Waals surface area contributed by atoms with Gasteiger partial charge in [0.15, 0.2) is 0 Å². The standard InChI is InChI=1S/C19H21N3O3S/c1-21-18(24)13-9-10-14(17(23)15-8-5-11-26-15)22(16(13)19(21)25)20-12-6-3-2-4-7-12/h2-11,13-14,16-17,19-20,23,25H,1H3. The Hall–Kier alpha value is -2.19. The van der Waals surface area contributed by atoms with Gasteiger partial charge in [-0.05, 0) is 23.6 Å². The number of thiophene rings is 1. The van der Waals surface area contributed by atoms with Crippen LogP contribution in [0.2, 0.25) is 0 Å². The molecule has 1 aromatic carbocycles. The van der Waals surface area contributed by atoms with Crippen LogP contribution in [0.1, 0.15) is 11.0 Å². The third kappa shape index (κ3) is 2.83. The predicted molar refractivity (Wildman–Crippen MR) is 100 cm³/mol. The molecule has 136 valence electrons. The van der Waals surface area contributed by atoms with Crippen molar-refractivity contribution in [3.8, 4) is 0 Å². The van der Waals surface area contributed by atoms with Crippen molar-refractivity contribution in [2.45, 2.75) is 24.4 Å². The predicted octanol–water partition coefficient (Wildman–Crippen LogP) is 1.82. The quantitative estimate of drug-likeness (QED) is 0.715. The molecule has 0 saturated carbocycles. The first-order chi connectivity index (χ1) is 12.6. The first-order valence-corrected chi connectivity index (χ1v) is 9.40. The normalized spacial score (nSPS) is 29.7. The fourth-order valence-corrected chi connectivity index (χ4v) is 4.41.